The molecule has 0 N–H and O–H groups in total. The third-order valence-corrected chi connectivity index (χ3v) is 8.13. The minimum Gasteiger partial charge on any atom is -0.445 e. The van der Waals surface area contributed by atoms with Crippen molar-refractivity contribution in [3.8, 4) is 0 Å². The molecule has 0 radical (unpaired) electrons. The molecule has 3 aromatic carbocycles. The Kier molecular flexibility index (Phi) is 7.88. The van der Waals surface area contributed by atoms with Gasteiger partial charge in [-0.15, -0.1) is 0 Å². The van der Waals surface area contributed by atoms with Crippen LogP contribution in [0.15, 0.2) is 77.7 Å². The Bertz CT molecular complexity index is 1330. The SMILES string of the molecule is O=C(O[C@H](C(=O)c1ccccc1)c1ccccc1)c1cc(S(=O)(=O)N2CCOCC2)c(Cl)cc1Cl. The van der Waals surface area contributed by atoms with E-state index in [2.05, 4.69) is 0 Å². The first-order valence-corrected chi connectivity index (χ1v) is 12.9. The molecule has 3 aromatic rings. The maximum atomic E-state index is 13.2. The van der Waals surface area contributed by atoms with Crippen LogP contribution in [-0.2, 0) is 19.5 Å². The lowest BCUT2D eigenvalue weighted by molar-refractivity contribution is 0.0280. The fourth-order valence-electron chi connectivity index (χ4n) is 3.63. The van der Waals surface area contributed by atoms with Crippen molar-refractivity contribution in [1.82, 2.24) is 4.31 Å². The Morgan fingerprint density at radius 3 is 2.11 bits per heavy atom. The number of Topliss-reactive ketones (excluding diaryl/α,β-unsaturated/α-hetero) is 1. The number of rotatable bonds is 7. The van der Waals surface area contributed by atoms with Crippen molar-refractivity contribution in [3.63, 3.8) is 0 Å². The lowest BCUT2D eigenvalue weighted by Crippen LogP contribution is -2.40. The van der Waals surface area contributed by atoms with Crippen LogP contribution in [0.2, 0.25) is 10.0 Å². The van der Waals surface area contributed by atoms with Crippen LogP contribution < -0.4 is 0 Å². The minimum atomic E-state index is -4.02. The number of sulfonamides is 1. The van der Waals surface area contributed by atoms with E-state index in [-0.39, 0.29) is 46.8 Å². The van der Waals surface area contributed by atoms with Gasteiger partial charge in [0.15, 0.2) is 6.10 Å². The molecule has 1 aliphatic rings. The third-order valence-electron chi connectivity index (χ3n) is 5.45. The van der Waals surface area contributed by atoms with Crippen molar-refractivity contribution in [3.05, 3.63) is 99.5 Å². The number of nitrogens with zero attached hydrogens (tertiary/aromatic N) is 1. The smallest absolute Gasteiger partial charge is 0.340 e. The predicted molar refractivity (Wildman–Crippen MR) is 131 cm³/mol. The largest absolute Gasteiger partial charge is 0.445 e. The zero-order chi connectivity index (χ0) is 25.0. The van der Waals surface area contributed by atoms with Gasteiger partial charge in [-0.1, -0.05) is 83.9 Å². The van der Waals surface area contributed by atoms with E-state index in [4.69, 9.17) is 32.7 Å². The molecule has 0 aliphatic carbocycles. The molecule has 4 rings (SSSR count). The van der Waals surface area contributed by atoms with Gasteiger partial charge in [-0.25, -0.2) is 13.2 Å². The summed E-state index contributed by atoms with van der Waals surface area (Å²) < 4.78 is 38.4. The maximum Gasteiger partial charge on any atom is 0.340 e. The number of ketones is 1. The number of carbonyl (C=O) groups excluding carboxylic acids is 2. The molecule has 0 aromatic heterocycles. The molecule has 10 heteroatoms. The number of esters is 1. The molecule has 0 bridgehead atoms. The lowest BCUT2D eigenvalue weighted by atomic mass is 10.00. The number of carbonyl (C=O) groups is 2. The van der Waals surface area contributed by atoms with Crippen LogP contribution >= 0.6 is 23.2 Å². The molecule has 0 saturated carbocycles. The van der Waals surface area contributed by atoms with E-state index in [0.717, 1.165) is 6.07 Å². The summed E-state index contributed by atoms with van der Waals surface area (Å²) in [5.74, 6) is -1.39. The summed E-state index contributed by atoms with van der Waals surface area (Å²) >= 11 is 12.5. The van der Waals surface area contributed by atoms with E-state index < -0.39 is 27.9 Å². The molecule has 1 atom stereocenters. The number of morpholine rings is 1. The molecule has 1 saturated heterocycles. The molecular formula is C25H21Cl2NO6S. The van der Waals surface area contributed by atoms with E-state index in [9.17, 15) is 18.0 Å². The van der Waals surface area contributed by atoms with Crippen LogP contribution in [0.5, 0.6) is 0 Å². The minimum absolute atomic E-state index is 0.0973. The van der Waals surface area contributed by atoms with Gasteiger partial charge >= 0.3 is 5.97 Å². The predicted octanol–water partition coefficient (Wildman–Crippen LogP) is 4.80. The standard InChI is InChI=1S/C25H21Cl2NO6S/c26-20-16-21(27)22(35(31,32)28-11-13-33-14-12-28)15-19(20)25(30)34-24(18-9-5-2-6-10-18)23(29)17-7-3-1-4-8-17/h1-10,15-16,24H,11-14H2/t24-/m0/s1. The highest BCUT2D eigenvalue weighted by Gasteiger charge is 2.32. The van der Waals surface area contributed by atoms with Crippen LogP contribution in [0.1, 0.15) is 32.4 Å². The second-order valence-electron chi connectivity index (χ2n) is 7.71. The van der Waals surface area contributed by atoms with Crippen molar-refractivity contribution >= 4 is 45.0 Å². The Balaban J connectivity index is 1.69. The molecule has 182 valence electrons. The monoisotopic (exact) mass is 533 g/mol. The first kappa shape index (κ1) is 25.3. The fourth-order valence-corrected chi connectivity index (χ4v) is 5.87. The van der Waals surface area contributed by atoms with Gasteiger partial charge < -0.3 is 9.47 Å². The molecule has 7 nitrogen and oxygen atoms in total. The summed E-state index contributed by atoms with van der Waals surface area (Å²) in [4.78, 5) is 26.2. The van der Waals surface area contributed by atoms with E-state index in [1.54, 1.807) is 60.7 Å². The van der Waals surface area contributed by atoms with Gasteiger partial charge in [0.1, 0.15) is 4.90 Å². The second-order valence-corrected chi connectivity index (χ2v) is 10.4. The van der Waals surface area contributed by atoms with Gasteiger partial charge in [-0.3, -0.25) is 4.79 Å². The third kappa shape index (κ3) is 5.58. The number of ether oxygens (including phenoxy) is 2. The summed E-state index contributed by atoms with van der Waals surface area (Å²) in [5, 5.41) is -0.224. The van der Waals surface area contributed by atoms with Crippen molar-refractivity contribution in [2.45, 2.75) is 11.0 Å². The number of halogens is 2. The highest BCUT2D eigenvalue weighted by Crippen LogP contribution is 2.33. The van der Waals surface area contributed by atoms with Crippen molar-refractivity contribution in [2.75, 3.05) is 26.3 Å². The van der Waals surface area contributed by atoms with E-state index in [0.29, 0.717) is 11.1 Å². The highest BCUT2D eigenvalue weighted by molar-refractivity contribution is 7.89. The van der Waals surface area contributed by atoms with Crippen molar-refractivity contribution in [2.24, 2.45) is 0 Å². The van der Waals surface area contributed by atoms with Crippen molar-refractivity contribution < 1.29 is 27.5 Å². The molecule has 35 heavy (non-hydrogen) atoms. The number of hydrogen-bond acceptors (Lipinski definition) is 6. The molecular weight excluding hydrogens is 513 g/mol. The van der Waals surface area contributed by atoms with Crippen LogP contribution in [0.3, 0.4) is 0 Å². The van der Waals surface area contributed by atoms with Gasteiger partial charge in [0.25, 0.3) is 0 Å². The van der Waals surface area contributed by atoms with Gasteiger partial charge in [-0.2, -0.15) is 4.31 Å². The van der Waals surface area contributed by atoms with Crippen LogP contribution in [0.25, 0.3) is 0 Å². The molecule has 0 unspecified atom stereocenters. The summed E-state index contributed by atoms with van der Waals surface area (Å²) in [5.41, 5.74) is 0.595. The molecule has 1 fully saturated rings. The Hall–Kier alpha value is -2.75. The zero-order valence-electron chi connectivity index (χ0n) is 18.4. The number of benzene rings is 3. The maximum absolute atomic E-state index is 13.2. The van der Waals surface area contributed by atoms with E-state index in [1.807, 2.05) is 0 Å². The quantitative estimate of drug-likeness (QED) is 0.320. The summed E-state index contributed by atoms with van der Waals surface area (Å²) in [7, 11) is -4.02. The molecule has 0 spiro atoms. The first-order valence-electron chi connectivity index (χ1n) is 10.7. The van der Waals surface area contributed by atoms with Crippen LogP contribution in [0, 0.1) is 0 Å². The van der Waals surface area contributed by atoms with E-state index >= 15 is 0 Å². The van der Waals surface area contributed by atoms with Gasteiger partial charge in [0.05, 0.1) is 28.8 Å². The summed E-state index contributed by atoms with van der Waals surface area (Å²) in [6.07, 6.45) is -1.27. The van der Waals surface area contributed by atoms with Gasteiger partial charge in [0.2, 0.25) is 15.8 Å². The highest BCUT2D eigenvalue weighted by atomic mass is 35.5. The van der Waals surface area contributed by atoms with Crippen LogP contribution in [-0.4, -0.2) is 50.8 Å². The molecule has 1 aliphatic heterocycles. The van der Waals surface area contributed by atoms with Gasteiger partial charge in [0, 0.05) is 24.2 Å². The van der Waals surface area contributed by atoms with Crippen LogP contribution in [0.4, 0.5) is 0 Å². The average molecular weight is 534 g/mol. The van der Waals surface area contributed by atoms with Gasteiger partial charge in [-0.05, 0) is 12.1 Å². The summed E-state index contributed by atoms with van der Waals surface area (Å²) in [6.45, 7) is 0.810. The molecule has 1 heterocycles. The average Bonchev–Trinajstić information content (AvgIpc) is 2.88. The fraction of sp³-hybridized carbons (Fsp3) is 0.200. The summed E-state index contributed by atoms with van der Waals surface area (Å²) in [6, 6.07) is 19.2. The Morgan fingerprint density at radius 2 is 1.49 bits per heavy atom. The Labute approximate surface area is 213 Å². The van der Waals surface area contributed by atoms with Crippen molar-refractivity contribution in [1.29, 1.82) is 0 Å². The zero-order valence-corrected chi connectivity index (χ0v) is 20.7. The normalized spacial score (nSPS) is 15.4. The van der Waals surface area contributed by atoms with E-state index in [1.165, 1.54) is 10.4 Å². The topological polar surface area (TPSA) is 90.0 Å². The Morgan fingerprint density at radius 1 is 0.886 bits per heavy atom. The second kappa shape index (κ2) is 10.9. The molecule has 0 amide bonds. The lowest BCUT2D eigenvalue weighted by Gasteiger charge is -2.26. The first-order chi connectivity index (χ1) is 16.8. The number of hydrogen-bond donors (Lipinski definition) is 0.